The van der Waals surface area contributed by atoms with Crippen molar-refractivity contribution in [2.45, 2.75) is 20.5 Å². The number of hydrogen-bond donors (Lipinski definition) is 0. The number of aryl methyl sites for hydroxylation is 1. The molecule has 0 aliphatic rings. The number of carbonyl (C=O) groups is 1. The van der Waals surface area contributed by atoms with Crippen LogP contribution in [0, 0.1) is 13.8 Å². The third-order valence-electron chi connectivity index (χ3n) is 4.41. The van der Waals surface area contributed by atoms with Crippen molar-refractivity contribution in [2.24, 2.45) is 0 Å². The van der Waals surface area contributed by atoms with Gasteiger partial charge < -0.3 is 4.74 Å². The van der Waals surface area contributed by atoms with Gasteiger partial charge in [-0.2, -0.15) is 5.10 Å². The Balaban J connectivity index is 1.45. The average molecular weight is 389 g/mol. The number of thiazole rings is 1. The van der Waals surface area contributed by atoms with Crippen molar-refractivity contribution in [3.8, 4) is 5.69 Å². The number of ether oxygens (including phenoxy) is 1. The van der Waals surface area contributed by atoms with E-state index in [9.17, 15) is 4.79 Å². The number of esters is 1. The molecule has 0 atom stereocenters. The molecule has 0 fully saturated rings. The number of fused-ring (bicyclic) bond motifs is 1. The van der Waals surface area contributed by atoms with Crippen LogP contribution in [0.3, 0.4) is 0 Å². The molecule has 2 aromatic heterocycles. The molecule has 4 rings (SSSR count). The van der Waals surface area contributed by atoms with Gasteiger partial charge in [0, 0.05) is 17.3 Å². The lowest BCUT2D eigenvalue weighted by molar-refractivity contribution is -0.138. The normalized spacial score (nSPS) is 11.4. The number of aromatic nitrogens is 3. The van der Waals surface area contributed by atoms with Crippen LogP contribution in [0.1, 0.15) is 22.0 Å². The highest BCUT2D eigenvalue weighted by Crippen LogP contribution is 2.22. The van der Waals surface area contributed by atoms with E-state index in [2.05, 4.69) is 10.1 Å². The van der Waals surface area contributed by atoms with Crippen LogP contribution in [0.5, 0.6) is 0 Å². The third kappa shape index (κ3) is 3.73. The van der Waals surface area contributed by atoms with Crippen LogP contribution in [0.25, 0.3) is 22.0 Å². The Kier molecular flexibility index (Phi) is 5.04. The van der Waals surface area contributed by atoms with Gasteiger partial charge >= 0.3 is 5.97 Å². The summed E-state index contributed by atoms with van der Waals surface area (Å²) < 4.78 is 8.31. The first-order valence-electron chi connectivity index (χ1n) is 8.93. The molecule has 2 heterocycles. The number of nitrogens with zero attached hydrogens (tertiary/aromatic N) is 3. The molecule has 6 heteroatoms. The quantitative estimate of drug-likeness (QED) is 0.361. The van der Waals surface area contributed by atoms with Crippen LogP contribution in [0.2, 0.25) is 0 Å². The van der Waals surface area contributed by atoms with Gasteiger partial charge in [0.25, 0.3) is 0 Å². The smallest absolute Gasteiger partial charge is 0.331 e. The van der Waals surface area contributed by atoms with E-state index >= 15 is 0 Å². The maximum atomic E-state index is 12.1. The van der Waals surface area contributed by atoms with Crippen LogP contribution < -0.4 is 0 Å². The zero-order chi connectivity index (χ0) is 19.5. The number of carbonyl (C=O) groups excluding carboxylic acids is 1. The molecule has 5 nitrogen and oxygen atoms in total. The average Bonchev–Trinajstić information content (AvgIpc) is 3.26. The van der Waals surface area contributed by atoms with Crippen LogP contribution in [0.15, 0.2) is 60.7 Å². The molecule has 0 bridgehead atoms. The fourth-order valence-electron chi connectivity index (χ4n) is 3.03. The second kappa shape index (κ2) is 7.78. The van der Waals surface area contributed by atoms with E-state index in [1.165, 1.54) is 17.4 Å². The van der Waals surface area contributed by atoms with Crippen molar-refractivity contribution in [2.75, 3.05) is 0 Å². The number of rotatable bonds is 5. The minimum absolute atomic E-state index is 0.170. The molecule has 0 aliphatic carbocycles. The van der Waals surface area contributed by atoms with Crippen molar-refractivity contribution >= 4 is 33.6 Å². The van der Waals surface area contributed by atoms with Crippen LogP contribution in [0.4, 0.5) is 0 Å². The van der Waals surface area contributed by atoms with Gasteiger partial charge in [-0.1, -0.05) is 30.3 Å². The molecule has 28 heavy (non-hydrogen) atoms. The Bertz CT molecular complexity index is 1130. The minimum Gasteiger partial charge on any atom is -0.455 e. The summed E-state index contributed by atoms with van der Waals surface area (Å²) in [5, 5.41) is 5.37. The zero-order valence-corrected chi connectivity index (χ0v) is 16.4. The molecule has 140 valence electrons. The number of benzene rings is 2. The molecule has 0 saturated carbocycles. The fourth-order valence-corrected chi connectivity index (χ4v) is 3.91. The Morgan fingerprint density at radius 2 is 1.86 bits per heavy atom. The van der Waals surface area contributed by atoms with Gasteiger partial charge in [-0.05, 0) is 44.2 Å². The van der Waals surface area contributed by atoms with E-state index in [0.29, 0.717) is 0 Å². The summed E-state index contributed by atoms with van der Waals surface area (Å²) in [4.78, 5) is 16.6. The lowest BCUT2D eigenvalue weighted by atomic mass is 10.2. The molecule has 0 N–H and O–H groups in total. The van der Waals surface area contributed by atoms with Crippen molar-refractivity contribution in [1.29, 1.82) is 0 Å². The van der Waals surface area contributed by atoms with Crippen molar-refractivity contribution < 1.29 is 9.53 Å². The summed E-state index contributed by atoms with van der Waals surface area (Å²) in [6.45, 7) is 4.08. The first-order valence-corrected chi connectivity index (χ1v) is 9.74. The van der Waals surface area contributed by atoms with E-state index in [1.54, 1.807) is 6.08 Å². The molecule has 2 aromatic carbocycles. The standard InChI is InChI=1S/C22H19N3O2S/c1-15-18(16(2)25(24-15)17-8-4-3-5-9-17)12-13-22(26)27-14-21-23-19-10-6-7-11-20(19)28-21/h3-13H,14H2,1-2H3. The number of hydrogen-bond acceptors (Lipinski definition) is 5. The molecule has 0 spiro atoms. The van der Waals surface area contributed by atoms with Crippen LogP contribution in [-0.4, -0.2) is 20.7 Å². The maximum absolute atomic E-state index is 12.1. The predicted octanol–water partition coefficient (Wildman–Crippen LogP) is 4.86. The predicted molar refractivity (Wildman–Crippen MR) is 111 cm³/mol. The van der Waals surface area contributed by atoms with Gasteiger partial charge in [0.2, 0.25) is 0 Å². The summed E-state index contributed by atoms with van der Waals surface area (Å²) in [6, 6.07) is 17.8. The second-order valence-electron chi connectivity index (χ2n) is 6.35. The lowest BCUT2D eigenvalue weighted by Gasteiger charge is -2.03. The zero-order valence-electron chi connectivity index (χ0n) is 15.6. The molecule has 0 amide bonds. The highest BCUT2D eigenvalue weighted by Gasteiger charge is 2.11. The lowest BCUT2D eigenvalue weighted by Crippen LogP contribution is -2.00. The topological polar surface area (TPSA) is 57.0 Å². The van der Waals surface area contributed by atoms with E-state index in [0.717, 1.165) is 37.9 Å². The fraction of sp³-hybridized carbons (Fsp3) is 0.136. The van der Waals surface area contributed by atoms with Gasteiger partial charge in [-0.3, -0.25) is 0 Å². The Morgan fingerprint density at radius 3 is 2.64 bits per heavy atom. The van der Waals surface area contributed by atoms with Crippen molar-refractivity contribution in [1.82, 2.24) is 14.8 Å². The van der Waals surface area contributed by atoms with Crippen molar-refractivity contribution in [3.63, 3.8) is 0 Å². The Morgan fingerprint density at radius 1 is 1.11 bits per heavy atom. The molecule has 0 radical (unpaired) electrons. The Labute approximate surface area is 166 Å². The highest BCUT2D eigenvalue weighted by atomic mass is 32.1. The molecule has 0 aliphatic heterocycles. The number of para-hydroxylation sites is 2. The largest absolute Gasteiger partial charge is 0.455 e. The third-order valence-corrected chi connectivity index (χ3v) is 5.42. The minimum atomic E-state index is -0.398. The van der Waals surface area contributed by atoms with E-state index in [-0.39, 0.29) is 6.61 Å². The monoisotopic (exact) mass is 389 g/mol. The van der Waals surface area contributed by atoms with Crippen LogP contribution >= 0.6 is 11.3 Å². The van der Waals surface area contributed by atoms with Gasteiger partial charge in [0.05, 0.1) is 21.6 Å². The van der Waals surface area contributed by atoms with E-state index in [1.807, 2.05) is 73.1 Å². The SMILES string of the molecule is Cc1nn(-c2ccccc2)c(C)c1C=CC(=O)OCc1nc2ccccc2s1. The summed E-state index contributed by atoms with van der Waals surface area (Å²) >= 11 is 1.53. The summed E-state index contributed by atoms with van der Waals surface area (Å²) in [7, 11) is 0. The van der Waals surface area contributed by atoms with Gasteiger partial charge in [-0.15, -0.1) is 11.3 Å². The molecule has 0 unspecified atom stereocenters. The maximum Gasteiger partial charge on any atom is 0.331 e. The summed E-state index contributed by atoms with van der Waals surface area (Å²) in [5.74, 6) is -0.398. The van der Waals surface area contributed by atoms with E-state index in [4.69, 9.17) is 4.74 Å². The first kappa shape index (κ1) is 18.1. The van der Waals surface area contributed by atoms with E-state index < -0.39 is 5.97 Å². The van der Waals surface area contributed by atoms with Gasteiger partial charge in [0.15, 0.2) is 0 Å². The van der Waals surface area contributed by atoms with Crippen molar-refractivity contribution in [3.05, 3.63) is 82.6 Å². The second-order valence-corrected chi connectivity index (χ2v) is 7.46. The molecular weight excluding hydrogens is 370 g/mol. The molecular formula is C22H19N3O2S. The first-order chi connectivity index (χ1) is 13.6. The van der Waals surface area contributed by atoms with Gasteiger partial charge in [0.1, 0.15) is 11.6 Å². The Hall–Kier alpha value is -3.25. The van der Waals surface area contributed by atoms with Crippen LogP contribution in [-0.2, 0) is 16.1 Å². The van der Waals surface area contributed by atoms with Gasteiger partial charge in [-0.25, -0.2) is 14.5 Å². The molecule has 0 saturated heterocycles. The summed E-state index contributed by atoms with van der Waals surface area (Å²) in [6.07, 6.45) is 3.21. The highest BCUT2D eigenvalue weighted by molar-refractivity contribution is 7.18. The molecule has 4 aromatic rings. The summed E-state index contributed by atoms with van der Waals surface area (Å²) in [5.41, 5.74) is 4.66.